The zero-order valence-corrected chi connectivity index (χ0v) is 27.1. The number of aromatic nitrogens is 1. The van der Waals surface area contributed by atoms with E-state index in [0.717, 1.165) is 0 Å². The Hall–Kier alpha value is -4.80. The van der Waals surface area contributed by atoms with Crippen molar-refractivity contribution in [2.45, 2.75) is 96.3 Å². The van der Waals surface area contributed by atoms with E-state index >= 15 is 0 Å². The molecule has 0 aromatic carbocycles. The number of rotatable bonds is 23. The van der Waals surface area contributed by atoms with E-state index in [-0.39, 0.29) is 43.8 Å². The summed E-state index contributed by atoms with van der Waals surface area (Å²) >= 11 is 0. The van der Waals surface area contributed by atoms with Gasteiger partial charge in [0.05, 0.1) is 6.21 Å². The zero-order valence-electron chi connectivity index (χ0n) is 27.1. The first kappa shape index (κ1) is 40.2. The molecule has 0 aliphatic heterocycles. The fourth-order valence-electron chi connectivity index (χ4n) is 4.35. The van der Waals surface area contributed by atoms with Crippen LogP contribution in [0.15, 0.2) is 28.3 Å². The minimum absolute atomic E-state index is 0.0743. The monoisotopic (exact) mass is 664 g/mol. The number of nitrogens with zero attached hydrogens (tertiary/aromatic N) is 1. The second kappa shape index (κ2) is 21.9. The molecule has 1 aromatic rings. The number of amides is 5. The molecule has 1 rings (SSSR count). The second-order valence-corrected chi connectivity index (χ2v) is 11.4. The smallest absolute Gasteiger partial charge is 0.303 e. The molecule has 1 aromatic heterocycles. The largest absolute Gasteiger partial charge is 0.481 e. The third-order valence-corrected chi connectivity index (χ3v) is 6.73. The summed E-state index contributed by atoms with van der Waals surface area (Å²) in [7, 11) is 0. The van der Waals surface area contributed by atoms with Gasteiger partial charge in [0.1, 0.15) is 30.8 Å². The van der Waals surface area contributed by atoms with Crippen molar-refractivity contribution in [1.82, 2.24) is 26.3 Å². The van der Waals surface area contributed by atoms with Crippen LogP contribution in [0.3, 0.4) is 0 Å². The lowest BCUT2D eigenvalue weighted by molar-refractivity contribution is -0.138. The van der Waals surface area contributed by atoms with Crippen LogP contribution in [0.2, 0.25) is 0 Å². The van der Waals surface area contributed by atoms with Gasteiger partial charge < -0.3 is 47.7 Å². The molecule has 47 heavy (non-hydrogen) atoms. The topological polar surface area (TPSA) is 277 Å². The van der Waals surface area contributed by atoms with Gasteiger partial charge in [0.25, 0.3) is 0 Å². The van der Waals surface area contributed by atoms with Crippen molar-refractivity contribution in [2.24, 2.45) is 22.5 Å². The lowest BCUT2D eigenvalue weighted by Gasteiger charge is -2.27. The quantitative estimate of drug-likeness (QED) is 0.0401. The maximum atomic E-state index is 13.5. The lowest BCUT2D eigenvalue weighted by Crippen LogP contribution is -2.58. The number of unbranched alkanes of at least 4 members (excludes halogenated alkanes) is 1. The first-order valence-electron chi connectivity index (χ1n) is 15.5. The molecular weight excluding hydrogens is 616 g/mol. The molecule has 0 radical (unpaired) electrons. The van der Waals surface area contributed by atoms with Crippen molar-refractivity contribution >= 4 is 41.7 Å². The Morgan fingerprint density at radius 2 is 1.49 bits per heavy atom. The zero-order chi connectivity index (χ0) is 35.4. The summed E-state index contributed by atoms with van der Waals surface area (Å²) in [4.78, 5) is 93.4. The molecule has 0 aliphatic carbocycles. The third-order valence-electron chi connectivity index (χ3n) is 6.73. The summed E-state index contributed by atoms with van der Waals surface area (Å²) < 4.78 is 0. The van der Waals surface area contributed by atoms with Crippen molar-refractivity contribution < 1.29 is 38.7 Å². The summed E-state index contributed by atoms with van der Waals surface area (Å²) in [5.74, 6) is -4.66. The fourth-order valence-corrected chi connectivity index (χ4v) is 4.35. The maximum Gasteiger partial charge on any atom is 0.303 e. The van der Waals surface area contributed by atoms with Gasteiger partial charge in [-0.1, -0.05) is 19.0 Å². The molecule has 17 heteroatoms. The van der Waals surface area contributed by atoms with Gasteiger partial charge in [0.2, 0.25) is 35.1 Å². The highest BCUT2D eigenvalue weighted by atomic mass is 16.6. The molecule has 0 saturated carbocycles. The molecule has 262 valence electrons. The maximum absolute atomic E-state index is 13.5. The van der Waals surface area contributed by atoms with Gasteiger partial charge in [-0.05, 0) is 63.5 Å². The van der Waals surface area contributed by atoms with Gasteiger partial charge in [-0.15, -0.1) is 0 Å². The Balaban J connectivity index is 2.96. The Morgan fingerprint density at radius 1 is 0.894 bits per heavy atom. The molecule has 4 atom stereocenters. The number of primary amides is 1. The highest BCUT2D eigenvalue weighted by molar-refractivity contribution is 5.95. The van der Waals surface area contributed by atoms with Gasteiger partial charge in [-0.2, -0.15) is 0 Å². The lowest BCUT2D eigenvalue weighted by atomic mass is 10.0. The molecule has 0 spiro atoms. The number of hydrogen-bond donors (Lipinski definition) is 8. The van der Waals surface area contributed by atoms with E-state index in [1.54, 1.807) is 6.07 Å². The number of hydrogen-bond acceptors (Lipinski definition) is 10. The van der Waals surface area contributed by atoms with Crippen molar-refractivity contribution in [3.05, 3.63) is 34.2 Å². The van der Waals surface area contributed by atoms with E-state index in [4.69, 9.17) is 21.4 Å². The van der Waals surface area contributed by atoms with E-state index in [9.17, 15) is 33.6 Å². The Morgan fingerprint density at radius 3 is 2.04 bits per heavy atom. The Labute approximate surface area is 273 Å². The number of nitrogens with one attached hydrogen (secondary N) is 5. The third kappa shape index (κ3) is 17.5. The number of aromatic amines is 1. The molecule has 17 nitrogen and oxygen atoms in total. The van der Waals surface area contributed by atoms with Gasteiger partial charge in [-0.25, -0.2) is 0 Å². The Bertz CT molecular complexity index is 1260. The summed E-state index contributed by atoms with van der Waals surface area (Å²) in [6, 6.07) is -1.59. The summed E-state index contributed by atoms with van der Waals surface area (Å²) in [5.41, 5.74) is 11.3. The molecule has 10 N–H and O–H groups in total. The molecule has 0 bridgehead atoms. The Kier molecular flexibility index (Phi) is 18.7. The summed E-state index contributed by atoms with van der Waals surface area (Å²) in [5, 5.41) is 23.1. The van der Waals surface area contributed by atoms with Gasteiger partial charge in [0.15, 0.2) is 0 Å². The second-order valence-electron chi connectivity index (χ2n) is 11.4. The van der Waals surface area contributed by atoms with Gasteiger partial charge in [0, 0.05) is 31.2 Å². The minimum Gasteiger partial charge on any atom is -0.481 e. The summed E-state index contributed by atoms with van der Waals surface area (Å²) in [6.07, 6.45) is 4.08. The van der Waals surface area contributed by atoms with Crippen LogP contribution in [-0.2, 0) is 33.6 Å². The number of carbonyl (C=O) groups is 6. The number of pyridine rings is 1. The first-order chi connectivity index (χ1) is 22.2. The van der Waals surface area contributed by atoms with Gasteiger partial charge in [-0.3, -0.25) is 33.6 Å². The fraction of sp³-hybridized carbons (Fsp3) is 0.600. The summed E-state index contributed by atoms with van der Waals surface area (Å²) in [6.45, 7) is 5.35. The predicted octanol–water partition coefficient (Wildman–Crippen LogP) is -1.01. The molecular formula is C30H48N8O9. The molecule has 0 unspecified atom stereocenters. The number of oxime groups is 1. The molecule has 0 saturated heterocycles. The van der Waals surface area contributed by atoms with E-state index in [0.29, 0.717) is 31.4 Å². The van der Waals surface area contributed by atoms with Crippen LogP contribution in [0, 0.1) is 5.92 Å². The molecule has 1 heterocycles. The van der Waals surface area contributed by atoms with E-state index in [1.807, 2.05) is 13.8 Å². The van der Waals surface area contributed by atoms with E-state index in [2.05, 4.69) is 31.4 Å². The van der Waals surface area contributed by atoms with Gasteiger partial charge >= 0.3 is 5.97 Å². The average molecular weight is 665 g/mol. The van der Waals surface area contributed by atoms with Crippen molar-refractivity contribution in [3.63, 3.8) is 0 Å². The molecule has 5 amide bonds. The number of carboxylic acid groups (broad SMARTS) is 1. The minimum atomic E-state index is -1.26. The van der Waals surface area contributed by atoms with Crippen molar-refractivity contribution in [1.29, 1.82) is 0 Å². The number of aliphatic carboxylic acids is 1. The number of carbonyl (C=O) groups excluding carboxylic acids is 5. The molecule has 0 aliphatic rings. The van der Waals surface area contributed by atoms with Crippen LogP contribution in [0.25, 0.3) is 0 Å². The highest BCUT2D eigenvalue weighted by Crippen LogP contribution is 2.10. The SMILES string of the molecule is CC(=O)N[C@@H](CCCO/N=C/c1ccc(=O)[nH]c1)C(=O)N[C@@H](CCCCN)C(=O)N[C@@H](CC(C)C)C(=O)N[C@@H](CCC(=O)O)C(N)=O. The molecule has 0 fully saturated rings. The number of carboxylic acids is 1. The first-order valence-corrected chi connectivity index (χ1v) is 15.5. The van der Waals surface area contributed by atoms with Crippen LogP contribution in [0.4, 0.5) is 0 Å². The average Bonchev–Trinajstić information content (AvgIpc) is 2.99. The van der Waals surface area contributed by atoms with Crippen molar-refractivity contribution in [3.8, 4) is 0 Å². The van der Waals surface area contributed by atoms with E-state index in [1.165, 1.54) is 25.4 Å². The van der Waals surface area contributed by atoms with Crippen LogP contribution < -0.4 is 38.3 Å². The standard InChI is InChI=1S/C30H48N8O9/c1-18(2)15-24(30(46)36-21(27(32)43)10-12-26(41)42)38-29(45)23(7-4-5-13-31)37-28(44)22(35-19(3)39)8-6-14-47-34-17-20-9-11-25(40)33-16-20/h9,11,16-18,21-24H,4-8,10,12-15,31H2,1-3H3,(H2,32,43)(H,33,40)(H,35,39)(H,36,46)(H,37,44)(H,38,45)(H,41,42)/b34-17+/t21-,22-,23-,24-/m0/s1. The van der Waals surface area contributed by atoms with E-state index < -0.39 is 66.1 Å². The number of H-pyrrole nitrogens is 1. The van der Waals surface area contributed by atoms with Crippen LogP contribution in [0.1, 0.15) is 77.7 Å². The highest BCUT2D eigenvalue weighted by Gasteiger charge is 2.31. The van der Waals surface area contributed by atoms with Crippen LogP contribution >= 0.6 is 0 Å². The normalized spacial score (nSPS) is 13.6. The number of nitrogens with two attached hydrogens (primary N) is 2. The van der Waals surface area contributed by atoms with Crippen LogP contribution in [-0.4, -0.2) is 89.1 Å². The van der Waals surface area contributed by atoms with Crippen molar-refractivity contribution in [2.75, 3.05) is 13.2 Å². The van der Waals surface area contributed by atoms with Crippen LogP contribution in [0.5, 0.6) is 0 Å². The predicted molar refractivity (Wildman–Crippen MR) is 172 cm³/mol.